The molecular weight excluding hydrogens is 388 g/mol. The molecule has 0 spiro atoms. The molecule has 8 heteroatoms. The van der Waals surface area contributed by atoms with E-state index < -0.39 is 10.0 Å². The van der Waals surface area contributed by atoms with Crippen molar-refractivity contribution in [2.75, 3.05) is 19.6 Å². The Labute approximate surface area is 170 Å². The number of nitrogens with one attached hydrogen (secondary N) is 2. The van der Waals surface area contributed by atoms with Crippen molar-refractivity contribution < 1.29 is 8.42 Å². The van der Waals surface area contributed by atoms with E-state index in [4.69, 9.17) is 0 Å². The van der Waals surface area contributed by atoms with Gasteiger partial charge in [0.1, 0.15) is 0 Å². The Morgan fingerprint density at radius 2 is 1.79 bits per heavy atom. The molecule has 2 aromatic carbocycles. The first-order valence-corrected chi connectivity index (χ1v) is 11.4. The lowest BCUT2D eigenvalue weighted by atomic mass is 10.1. The van der Waals surface area contributed by atoms with Crippen molar-refractivity contribution in [3.63, 3.8) is 0 Å². The SMILES string of the molecule is CCCC1CN(S(=O)(=O)c2ccc3[nH]c(=O)[nH]c3c2)CCN1Cc1ccccc1. The van der Waals surface area contributed by atoms with E-state index in [9.17, 15) is 13.2 Å². The standard InChI is InChI=1S/C21H26N4O3S/c1-2-6-17-15-25(12-11-24(17)14-16-7-4-3-5-8-16)29(27,28)18-9-10-19-20(13-18)23-21(26)22-19/h3-5,7-10,13,17H,2,6,11-12,14-15H2,1H3,(H2,22,23,26). The number of imidazole rings is 1. The van der Waals surface area contributed by atoms with E-state index in [0.717, 1.165) is 19.4 Å². The number of aromatic nitrogens is 2. The lowest BCUT2D eigenvalue weighted by Crippen LogP contribution is -2.54. The van der Waals surface area contributed by atoms with Crippen LogP contribution in [0.4, 0.5) is 0 Å². The van der Waals surface area contributed by atoms with Gasteiger partial charge in [0.25, 0.3) is 0 Å². The molecule has 0 saturated carbocycles. The number of rotatable bonds is 6. The van der Waals surface area contributed by atoms with Gasteiger partial charge < -0.3 is 9.97 Å². The van der Waals surface area contributed by atoms with Crippen LogP contribution in [0.25, 0.3) is 11.0 Å². The molecule has 0 radical (unpaired) electrons. The van der Waals surface area contributed by atoms with Crippen LogP contribution < -0.4 is 5.69 Å². The second-order valence-corrected chi connectivity index (χ2v) is 9.49. The number of nitrogens with zero attached hydrogens (tertiary/aromatic N) is 2. The summed E-state index contributed by atoms with van der Waals surface area (Å²) in [6, 6.07) is 15.2. The van der Waals surface area contributed by atoms with E-state index in [1.54, 1.807) is 16.4 Å². The summed E-state index contributed by atoms with van der Waals surface area (Å²) in [4.78, 5) is 19.4. The van der Waals surface area contributed by atoms with Crippen LogP contribution in [0.5, 0.6) is 0 Å². The fourth-order valence-electron chi connectivity index (χ4n) is 4.04. The minimum Gasteiger partial charge on any atom is -0.306 e. The Morgan fingerprint density at radius 3 is 2.55 bits per heavy atom. The Balaban J connectivity index is 1.55. The van der Waals surface area contributed by atoms with Crippen LogP contribution in [0.3, 0.4) is 0 Å². The Hall–Kier alpha value is -2.42. The van der Waals surface area contributed by atoms with E-state index in [-0.39, 0.29) is 16.6 Å². The molecule has 7 nitrogen and oxygen atoms in total. The summed E-state index contributed by atoms with van der Waals surface area (Å²) in [5, 5.41) is 0. The zero-order valence-electron chi connectivity index (χ0n) is 16.5. The minimum atomic E-state index is -3.62. The average molecular weight is 415 g/mol. The van der Waals surface area contributed by atoms with Crippen molar-refractivity contribution in [2.24, 2.45) is 0 Å². The zero-order chi connectivity index (χ0) is 20.4. The second-order valence-electron chi connectivity index (χ2n) is 7.55. The summed E-state index contributed by atoms with van der Waals surface area (Å²) in [5.41, 5.74) is 2.01. The van der Waals surface area contributed by atoms with Crippen molar-refractivity contribution in [1.29, 1.82) is 0 Å². The molecule has 29 heavy (non-hydrogen) atoms. The highest BCUT2D eigenvalue weighted by Gasteiger charge is 2.34. The highest BCUT2D eigenvalue weighted by Crippen LogP contribution is 2.25. The summed E-state index contributed by atoms with van der Waals surface area (Å²) < 4.78 is 28.1. The van der Waals surface area contributed by atoms with E-state index in [1.807, 2.05) is 18.2 Å². The number of H-pyrrole nitrogens is 2. The lowest BCUT2D eigenvalue weighted by Gasteiger charge is -2.41. The first kappa shape index (κ1) is 19.9. The molecule has 2 heterocycles. The maximum Gasteiger partial charge on any atom is 0.323 e. The third-order valence-electron chi connectivity index (χ3n) is 5.54. The molecule has 1 saturated heterocycles. The predicted molar refractivity (Wildman–Crippen MR) is 113 cm³/mol. The third kappa shape index (κ3) is 4.14. The van der Waals surface area contributed by atoms with Crippen LogP contribution in [0.1, 0.15) is 25.3 Å². The maximum atomic E-state index is 13.3. The van der Waals surface area contributed by atoms with Gasteiger partial charge in [-0.2, -0.15) is 4.31 Å². The van der Waals surface area contributed by atoms with Crippen molar-refractivity contribution in [2.45, 2.75) is 37.2 Å². The van der Waals surface area contributed by atoms with Crippen molar-refractivity contribution >= 4 is 21.1 Å². The van der Waals surface area contributed by atoms with Gasteiger partial charge in [0, 0.05) is 32.2 Å². The lowest BCUT2D eigenvalue weighted by molar-refractivity contribution is 0.104. The number of hydrogen-bond acceptors (Lipinski definition) is 4. The van der Waals surface area contributed by atoms with Crippen LogP contribution in [0, 0.1) is 0 Å². The molecule has 0 aliphatic carbocycles. The molecule has 1 aromatic heterocycles. The summed E-state index contributed by atoms with van der Waals surface area (Å²) >= 11 is 0. The summed E-state index contributed by atoms with van der Waals surface area (Å²) in [6.07, 6.45) is 1.95. The average Bonchev–Trinajstić information content (AvgIpc) is 3.09. The number of benzene rings is 2. The summed E-state index contributed by atoms with van der Waals surface area (Å²) in [5.74, 6) is 0. The number of hydrogen-bond donors (Lipinski definition) is 2. The molecule has 154 valence electrons. The van der Waals surface area contributed by atoms with Crippen molar-refractivity contribution in [3.05, 3.63) is 64.6 Å². The smallest absolute Gasteiger partial charge is 0.306 e. The van der Waals surface area contributed by atoms with Crippen molar-refractivity contribution in [3.8, 4) is 0 Å². The molecule has 1 fully saturated rings. The highest BCUT2D eigenvalue weighted by molar-refractivity contribution is 7.89. The van der Waals surface area contributed by atoms with E-state index in [0.29, 0.717) is 30.7 Å². The highest BCUT2D eigenvalue weighted by atomic mass is 32.2. The first-order chi connectivity index (χ1) is 14.0. The van der Waals surface area contributed by atoms with Crippen LogP contribution in [-0.4, -0.2) is 53.3 Å². The molecule has 0 amide bonds. The fraction of sp³-hybridized carbons (Fsp3) is 0.381. The summed E-state index contributed by atoms with van der Waals surface area (Å²) in [7, 11) is -3.62. The van der Waals surface area contributed by atoms with Gasteiger partial charge in [0.15, 0.2) is 0 Å². The second kappa shape index (κ2) is 8.14. The van der Waals surface area contributed by atoms with Gasteiger partial charge in [-0.3, -0.25) is 4.90 Å². The third-order valence-corrected chi connectivity index (χ3v) is 7.40. The van der Waals surface area contributed by atoms with Gasteiger partial charge in [0.2, 0.25) is 10.0 Å². The quantitative estimate of drug-likeness (QED) is 0.649. The van der Waals surface area contributed by atoms with Gasteiger partial charge in [0.05, 0.1) is 15.9 Å². The van der Waals surface area contributed by atoms with E-state index >= 15 is 0 Å². The van der Waals surface area contributed by atoms with Crippen molar-refractivity contribution in [1.82, 2.24) is 19.2 Å². The first-order valence-electron chi connectivity index (χ1n) is 9.97. The van der Waals surface area contributed by atoms with E-state index in [2.05, 4.69) is 33.9 Å². The van der Waals surface area contributed by atoms with Crippen LogP contribution in [0.15, 0.2) is 58.2 Å². The molecule has 1 atom stereocenters. The molecule has 3 aromatic rings. The molecule has 4 rings (SSSR count). The Bertz CT molecular complexity index is 1140. The Kier molecular flexibility index (Phi) is 5.58. The topological polar surface area (TPSA) is 89.3 Å². The van der Waals surface area contributed by atoms with Gasteiger partial charge >= 0.3 is 5.69 Å². The normalized spacial score (nSPS) is 19.0. The van der Waals surface area contributed by atoms with Crippen LogP contribution in [-0.2, 0) is 16.6 Å². The van der Waals surface area contributed by atoms with Gasteiger partial charge in [-0.25, -0.2) is 13.2 Å². The van der Waals surface area contributed by atoms with Crippen LogP contribution in [0.2, 0.25) is 0 Å². The number of sulfonamides is 1. The van der Waals surface area contributed by atoms with Gasteiger partial charge in [-0.05, 0) is 30.2 Å². The molecule has 1 aliphatic rings. The predicted octanol–water partition coefficient (Wildman–Crippen LogP) is 2.53. The summed E-state index contributed by atoms with van der Waals surface area (Å²) in [6.45, 7) is 4.59. The maximum absolute atomic E-state index is 13.3. The largest absolute Gasteiger partial charge is 0.323 e. The number of piperazine rings is 1. The van der Waals surface area contributed by atoms with E-state index in [1.165, 1.54) is 11.6 Å². The monoisotopic (exact) mass is 414 g/mol. The molecule has 1 unspecified atom stereocenters. The van der Waals surface area contributed by atoms with Crippen LogP contribution >= 0.6 is 0 Å². The van der Waals surface area contributed by atoms with Gasteiger partial charge in [-0.15, -0.1) is 0 Å². The zero-order valence-corrected chi connectivity index (χ0v) is 17.3. The molecular formula is C21H26N4O3S. The molecule has 2 N–H and O–H groups in total. The fourth-order valence-corrected chi connectivity index (χ4v) is 5.53. The molecule has 1 aliphatic heterocycles. The molecule has 0 bridgehead atoms. The number of fused-ring (bicyclic) bond motifs is 1. The van der Waals surface area contributed by atoms with Gasteiger partial charge in [-0.1, -0.05) is 43.7 Å². The number of aromatic amines is 2. The Morgan fingerprint density at radius 1 is 1.03 bits per heavy atom. The minimum absolute atomic E-state index is 0.180.